The Labute approximate surface area is 212 Å². The van der Waals surface area contributed by atoms with Crippen molar-refractivity contribution in [2.24, 2.45) is 10.7 Å². The molecule has 3 aromatic rings. The molecule has 3 aromatic carbocycles. The molecule has 1 heterocycles. The second-order valence-electron chi connectivity index (χ2n) is 9.27. The molecule has 0 radical (unpaired) electrons. The van der Waals surface area contributed by atoms with Crippen molar-refractivity contribution in [1.82, 2.24) is 15.1 Å². The number of carbonyl (C=O) groups is 2. The summed E-state index contributed by atoms with van der Waals surface area (Å²) in [6.45, 7) is 1.84. The Kier molecular flexibility index (Phi) is 7.80. The van der Waals surface area contributed by atoms with E-state index in [9.17, 15) is 9.59 Å². The molecule has 0 spiro atoms. The van der Waals surface area contributed by atoms with Gasteiger partial charge < -0.3 is 16.0 Å². The van der Waals surface area contributed by atoms with Crippen LogP contribution in [0.4, 0.5) is 0 Å². The Bertz CT molecular complexity index is 1190. The molecule has 0 fully saturated rings. The highest BCUT2D eigenvalue weighted by atomic mass is 16.2. The third-order valence-electron chi connectivity index (χ3n) is 6.34. The molecule has 0 unspecified atom stereocenters. The number of unbranched alkanes of at least 4 members (excludes halogenated alkanes) is 1. The highest BCUT2D eigenvalue weighted by molar-refractivity contribution is 6.09. The zero-order valence-corrected chi connectivity index (χ0v) is 20.9. The fourth-order valence-corrected chi connectivity index (χ4v) is 4.48. The molecule has 0 bridgehead atoms. The van der Waals surface area contributed by atoms with Crippen molar-refractivity contribution in [3.05, 3.63) is 107 Å². The molecule has 0 saturated heterocycles. The van der Waals surface area contributed by atoms with Crippen LogP contribution in [-0.4, -0.2) is 54.8 Å². The van der Waals surface area contributed by atoms with E-state index in [1.807, 2.05) is 86.9 Å². The van der Waals surface area contributed by atoms with Gasteiger partial charge in [0.05, 0.1) is 6.54 Å². The van der Waals surface area contributed by atoms with Crippen molar-refractivity contribution in [2.75, 3.05) is 27.2 Å². The van der Waals surface area contributed by atoms with E-state index >= 15 is 0 Å². The maximum atomic E-state index is 14.0. The summed E-state index contributed by atoms with van der Waals surface area (Å²) in [5.41, 5.74) is 7.99. The van der Waals surface area contributed by atoms with Crippen molar-refractivity contribution in [1.29, 1.82) is 0 Å². The molecular formula is C29H33N5O2. The third kappa shape index (κ3) is 5.31. The van der Waals surface area contributed by atoms with Crippen molar-refractivity contribution in [3.8, 4) is 0 Å². The number of hydrogen-bond acceptors (Lipinski definition) is 5. The number of hydrogen-bond donors (Lipinski definition) is 2. The van der Waals surface area contributed by atoms with Gasteiger partial charge in [-0.25, -0.2) is 4.99 Å². The predicted molar refractivity (Wildman–Crippen MR) is 142 cm³/mol. The highest BCUT2D eigenvalue weighted by Gasteiger charge is 2.50. The number of benzene rings is 3. The van der Waals surface area contributed by atoms with Gasteiger partial charge in [0.1, 0.15) is 0 Å². The second-order valence-corrected chi connectivity index (χ2v) is 9.27. The maximum Gasteiger partial charge on any atom is 0.266 e. The zero-order valence-electron chi connectivity index (χ0n) is 20.9. The van der Waals surface area contributed by atoms with Crippen LogP contribution in [0.15, 0.2) is 89.9 Å². The van der Waals surface area contributed by atoms with Gasteiger partial charge in [-0.3, -0.25) is 14.5 Å². The van der Waals surface area contributed by atoms with Crippen molar-refractivity contribution in [3.63, 3.8) is 0 Å². The normalized spacial score (nSPS) is 14.7. The van der Waals surface area contributed by atoms with Crippen LogP contribution in [0, 0.1) is 0 Å². The van der Waals surface area contributed by atoms with Crippen LogP contribution in [0.3, 0.4) is 0 Å². The van der Waals surface area contributed by atoms with E-state index in [0.717, 1.165) is 36.1 Å². The molecule has 0 saturated carbocycles. The van der Waals surface area contributed by atoms with E-state index in [1.165, 1.54) is 4.90 Å². The van der Waals surface area contributed by atoms with Crippen LogP contribution in [0.25, 0.3) is 0 Å². The number of amides is 2. The minimum Gasteiger partial charge on any atom is -0.369 e. The molecule has 1 aliphatic heterocycles. The van der Waals surface area contributed by atoms with Gasteiger partial charge >= 0.3 is 0 Å². The fourth-order valence-electron chi connectivity index (χ4n) is 4.48. The first kappa shape index (κ1) is 25.1. The molecule has 3 N–H and O–H groups in total. The smallest absolute Gasteiger partial charge is 0.266 e. The third-order valence-corrected chi connectivity index (χ3v) is 6.34. The lowest BCUT2D eigenvalue weighted by Crippen LogP contribution is -2.43. The van der Waals surface area contributed by atoms with Crippen LogP contribution in [0.2, 0.25) is 0 Å². The summed E-state index contributed by atoms with van der Waals surface area (Å²) in [7, 11) is 4.08. The standard InChI is InChI=1S/C29H33N5O2/c1-33(2)19-10-9-18-31-26(35)23-13-11-12-22(20-23)21-34-27(36)29(32-28(34)30,24-14-5-3-6-15-24)25-16-7-4-8-17-25/h3-8,11-17,20H,9-10,18-19,21H2,1-2H3,(H2,30,32)(H,31,35). The van der Waals surface area contributed by atoms with E-state index in [4.69, 9.17) is 10.7 Å². The average molecular weight is 484 g/mol. The Morgan fingerprint density at radius 2 is 1.58 bits per heavy atom. The topological polar surface area (TPSA) is 91.0 Å². The van der Waals surface area contributed by atoms with E-state index in [2.05, 4.69) is 10.2 Å². The van der Waals surface area contributed by atoms with Gasteiger partial charge in [-0.2, -0.15) is 0 Å². The fraction of sp³-hybridized carbons (Fsp3) is 0.276. The summed E-state index contributed by atoms with van der Waals surface area (Å²) in [6, 6.07) is 26.3. The Balaban J connectivity index is 1.52. The molecule has 2 amide bonds. The van der Waals surface area contributed by atoms with Gasteiger partial charge in [0.15, 0.2) is 11.5 Å². The zero-order chi connectivity index (χ0) is 25.5. The number of nitrogens with one attached hydrogen (secondary N) is 1. The summed E-state index contributed by atoms with van der Waals surface area (Å²) in [5, 5.41) is 2.98. The van der Waals surface area contributed by atoms with Crippen LogP contribution < -0.4 is 11.1 Å². The van der Waals surface area contributed by atoms with Crippen molar-refractivity contribution in [2.45, 2.75) is 24.9 Å². The Morgan fingerprint density at radius 1 is 0.944 bits per heavy atom. The van der Waals surface area contributed by atoms with Crippen LogP contribution >= 0.6 is 0 Å². The number of nitrogens with zero attached hydrogens (tertiary/aromatic N) is 3. The van der Waals surface area contributed by atoms with E-state index < -0.39 is 5.54 Å². The molecule has 7 nitrogen and oxygen atoms in total. The van der Waals surface area contributed by atoms with E-state index in [1.54, 1.807) is 12.1 Å². The minimum atomic E-state index is -1.24. The monoisotopic (exact) mass is 483 g/mol. The lowest BCUT2D eigenvalue weighted by Gasteiger charge is -2.27. The average Bonchev–Trinajstić information content (AvgIpc) is 3.15. The van der Waals surface area contributed by atoms with Gasteiger partial charge in [0, 0.05) is 12.1 Å². The lowest BCUT2D eigenvalue weighted by atomic mass is 9.83. The van der Waals surface area contributed by atoms with Gasteiger partial charge in [0.25, 0.3) is 11.8 Å². The summed E-state index contributed by atoms with van der Waals surface area (Å²) in [4.78, 5) is 35.0. The lowest BCUT2D eigenvalue weighted by molar-refractivity contribution is -0.130. The predicted octanol–water partition coefficient (Wildman–Crippen LogP) is 3.36. The molecule has 186 valence electrons. The van der Waals surface area contributed by atoms with Gasteiger partial charge in [-0.1, -0.05) is 72.8 Å². The van der Waals surface area contributed by atoms with E-state index in [0.29, 0.717) is 12.1 Å². The first-order valence-corrected chi connectivity index (χ1v) is 12.2. The number of rotatable bonds is 10. The molecule has 4 rings (SSSR count). The van der Waals surface area contributed by atoms with Crippen LogP contribution in [-0.2, 0) is 16.9 Å². The Morgan fingerprint density at radius 3 is 2.19 bits per heavy atom. The first-order chi connectivity index (χ1) is 17.4. The highest BCUT2D eigenvalue weighted by Crippen LogP contribution is 2.39. The maximum absolute atomic E-state index is 14.0. The summed E-state index contributed by atoms with van der Waals surface area (Å²) in [5.74, 6) is -0.185. The second kappa shape index (κ2) is 11.2. The molecule has 0 aromatic heterocycles. The number of aliphatic imine (C=N–C) groups is 1. The number of guanidine groups is 1. The van der Waals surface area contributed by atoms with Gasteiger partial charge in [-0.05, 0) is 62.3 Å². The number of carbonyl (C=O) groups excluding carboxylic acids is 2. The summed E-state index contributed by atoms with van der Waals surface area (Å²) < 4.78 is 0. The molecule has 1 aliphatic rings. The van der Waals surface area contributed by atoms with Crippen molar-refractivity contribution >= 4 is 17.8 Å². The number of nitrogens with two attached hydrogens (primary N) is 1. The van der Waals surface area contributed by atoms with Crippen LogP contribution in [0.5, 0.6) is 0 Å². The minimum absolute atomic E-state index is 0.126. The Hall–Kier alpha value is -3.97. The molecule has 7 heteroatoms. The van der Waals surface area contributed by atoms with Gasteiger partial charge in [0.2, 0.25) is 0 Å². The van der Waals surface area contributed by atoms with Gasteiger partial charge in [-0.15, -0.1) is 0 Å². The largest absolute Gasteiger partial charge is 0.369 e. The van der Waals surface area contributed by atoms with Crippen LogP contribution in [0.1, 0.15) is 39.9 Å². The summed E-state index contributed by atoms with van der Waals surface area (Å²) in [6.07, 6.45) is 1.94. The first-order valence-electron chi connectivity index (χ1n) is 12.2. The quantitative estimate of drug-likeness (QED) is 0.433. The molecule has 36 heavy (non-hydrogen) atoms. The molecular weight excluding hydrogens is 450 g/mol. The summed E-state index contributed by atoms with van der Waals surface area (Å²) >= 11 is 0. The molecule has 0 atom stereocenters. The van der Waals surface area contributed by atoms with Crippen molar-refractivity contribution < 1.29 is 9.59 Å². The molecule has 0 aliphatic carbocycles. The van der Waals surface area contributed by atoms with E-state index in [-0.39, 0.29) is 24.3 Å². The SMILES string of the molecule is CN(C)CCCCNC(=O)c1cccc(CN2C(=O)C(c3ccccc3)(c3ccccc3)N=C2N)c1.